The summed E-state index contributed by atoms with van der Waals surface area (Å²) in [4.78, 5) is 14.7. The van der Waals surface area contributed by atoms with Crippen molar-refractivity contribution in [2.45, 2.75) is 51.4 Å². The summed E-state index contributed by atoms with van der Waals surface area (Å²) in [6, 6.07) is 14.9. The molecule has 0 aromatic carbocycles. The lowest BCUT2D eigenvalue weighted by Crippen LogP contribution is -2.06. The molecule has 0 aliphatic heterocycles. The van der Waals surface area contributed by atoms with E-state index in [-0.39, 0.29) is 0 Å². The lowest BCUT2D eigenvalue weighted by Gasteiger charge is -2.16. The average molecular weight is 341 g/mol. The van der Waals surface area contributed by atoms with E-state index in [1.807, 2.05) is 0 Å². The maximum absolute atomic E-state index is 4.91. The highest BCUT2D eigenvalue weighted by Gasteiger charge is 2.14. The van der Waals surface area contributed by atoms with Gasteiger partial charge in [-0.25, -0.2) is 4.98 Å². The standard InChI is InChI=1S/C23H23N3/c1-3-8-18-16(6-1)12-14-22(24-18)20-10-5-11-21(26-20)23-15-13-17-7-2-4-9-19(17)25-23/h5,10-15H,1-4,6-9H2. The van der Waals surface area contributed by atoms with Gasteiger partial charge in [-0.15, -0.1) is 0 Å². The Kier molecular flexibility index (Phi) is 4.00. The molecule has 0 saturated carbocycles. The third-order valence-electron chi connectivity index (χ3n) is 5.63. The second kappa shape index (κ2) is 6.64. The predicted molar refractivity (Wildman–Crippen MR) is 104 cm³/mol. The predicted octanol–water partition coefficient (Wildman–Crippen LogP) is 4.96. The van der Waals surface area contributed by atoms with Crippen molar-refractivity contribution >= 4 is 0 Å². The molecule has 5 rings (SSSR count). The second-order valence-electron chi connectivity index (χ2n) is 7.43. The highest BCUT2D eigenvalue weighted by atomic mass is 14.8. The summed E-state index contributed by atoms with van der Waals surface area (Å²) in [5, 5.41) is 0. The van der Waals surface area contributed by atoms with Crippen molar-refractivity contribution in [1.82, 2.24) is 15.0 Å². The zero-order valence-corrected chi connectivity index (χ0v) is 15.0. The molecule has 2 aliphatic carbocycles. The van der Waals surface area contributed by atoms with Crippen LogP contribution in [0.2, 0.25) is 0 Å². The van der Waals surface area contributed by atoms with E-state index in [4.69, 9.17) is 15.0 Å². The fourth-order valence-corrected chi connectivity index (χ4v) is 4.17. The van der Waals surface area contributed by atoms with Crippen LogP contribution in [0.15, 0.2) is 42.5 Å². The Morgan fingerprint density at radius 3 is 1.46 bits per heavy atom. The molecule has 0 amide bonds. The Balaban J connectivity index is 1.51. The molecule has 0 saturated heterocycles. The molecule has 0 N–H and O–H groups in total. The third-order valence-corrected chi connectivity index (χ3v) is 5.63. The fraction of sp³-hybridized carbons (Fsp3) is 0.348. The van der Waals surface area contributed by atoms with E-state index in [1.54, 1.807) is 0 Å². The molecule has 0 unspecified atom stereocenters. The normalized spacial score (nSPS) is 16.0. The number of hydrogen-bond acceptors (Lipinski definition) is 3. The highest BCUT2D eigenvalue weighted by molar-refractivity contribution is 5.62. The van der Waals surface area contributed by atoms with Gasteiger partial charge in [-0.05, 0) is 86.8 Å². The summed E-state index contributed by atoms with van der Waals surface area (Å²) >= 11 is 0. The lowest BCUT2D eigenvalue weighted by molar-refractivity contribution is 0.668. The molecule has 130 valence electrons. The minimum atomic E-state index is 0.940. The van der Waals surface area contributed by atoms with Gasteiger partial charge in [0.25, 0.3) is 0 Å². The third kappa shape index (κ3) is 2.92. The zero-order chi connectivity index (χ0) is 17.3. The summed E-state index contributed by atoms with van der Waals surface area (Å²) in [5.41, 5.74) is 9.17. The van der Waals surface area contributed by atoms with E-state index < -0.39 is 0 Å². The average Bonchev–Trinajstić information content (AvgIpc) is 2.73. The van der Waals surface area contributed by atoms with Gasteiger partial charge in [0.05, 0.1) is 22.8 Å². The van der Waals surface area contributed by atoms with Crippen molar-refractivity contribution in [3.8, 4) is 22.8 Å². The number of nitrogens with zero attached hydrogens (tertiary/aromatic N) is 3. The smallest absolute Gasteiger partial charge is 0.0894 e. The topological polar surface area (TPSA) is 38.7 Å². The Morgan fingerprint density at radius 2 is 0.923 bits per heavy atom. The molecule has 0 atom stereocenters. The largest absolute Gasteiger partial charge is 0.251 e. The van der Waals surface area contributed by atoms with Crippen LogP contribution in [-0.2, 0) is 25.7 Å². The van der Waals surface area contributed by atoms with Gasteiger partial charge in [0.15, 0.2) is 0 Å². The number of pyridine rings is 3. The van der Waals surface area contributed by atoms with E-state index in [0.29, 0.717) is 0 Å². The first-order chi connectivity index (χ1) is 12.9. The van der Waals surface area contributed by atoms with E-state index in [9.17, 15) is 0 Å². The van der Waals surface area contributed by atoms with Gasteiger partial charge in [0.1, 0.15) is 0 Å². The van der Waals surface area contributed by atoms with Crippen LogP contribution in [0.3, 0.4) is 0 Å². The summed E-state index contributed by atoms with van der Waals surface area (Å²) in [5.74, 6) is 0. The first-order valence-corrected chi connectivity index (χ1v) is 9.82. The van der Waals surface area contributed by atoms with Gasteiger partial charge in [0.2, 0.25) is 0 Å². The van der Waals surface area contributed by atoms with Gasteiger partial charge >= 0.3 is 0 Å². The number of hydrogen-bond donors (Lipinski definition) is 0. The van der Waals surface area contributed by atoms with Crippen LogP contribution < -0.4 is 0 Å². The van der Waals surface area contributed by atoms with Crippen LogP contribution in [0.4, 0.5) is 0 Å². The quantitative estimate of drug-likeness (QED) is 0.661. The maximum atomic E-state index is 4.91. The van der Waals surface area contributed by atoms with E-state index in [0.717, 1.165) is 48.5 Å². The van der Waals surface area contributed by atoms with Crippen LogP contribution in [0, 0.1) is 0 Å². The molecular formula is C23H23N3. The second-order valence-corrected chi connectivity index (χ2v) is 7.43. The first kappa shape index (κ1) is 15.7. The van der Waals surface area contributed by atoms with Crippen molar-refractivity contribution in [3.05, 3.63) is 65.0 Å². The minimum Gasteiger partial charge on any atom is -0.251 e. The lowest BCUT2D eigenvalue weighted by atomic mass is 9.95. The molecule has 2 aliphatic rings. The van der Waals surface area contributed by atoms with Crippen LogP contribution in [0.5, 0.6) is 0 Å². The number of aryl methyl sites for hydroxylation is 4. The molecule has 3 aromatic heterocycles. The monoisotopic (exact) mass is 341 g/mol. The van der Waals surface area contributed by atoms with Gasteiger partial charge in [-0.2, -0.15) is 0 Å². The summed E-state index contributed by atoms with van der Waals surface area (Å²) < 4.78 is 0. The molecule has 3 heteroatoms. The van der Waals surface area contributed by atoms with Crippen molar-refractivity contribution in [2.24, 2.45) is 0 Å². The number of fused-ring (bicyclic) bond motifs is 2. The summed E-state index contributed by atoms with van der Waals surface area (Å²) in [6.45, 7) is 0. The van der Waals surface area contributed by atoms with Gasteiger partial charge in [-0.1, -0.05) is 18.2 Å². The van der Waals surface area contributed by atoms with Crippen molar-refractivity contribution in [3.63, 3.8) is 0 Å². The van der Waals surface area contributed by atoms with Gasteiger partial charge in [0, 0.05) is 11.4 Å². The molecule has 0 radical (unpaired) electrons. The van der Waals surface area contributed by atoms with Gasteiger partial charge < -0.3 is 0 Å². The van der Waals surface area contributed by atoms with Crippen LogP contribution in [-0.4, -0.2) is 15.0 Å². The zero-order valence-electron chi connectivity index (χ0n) is 15.0. The molecule has 0 bridgehead atoms. The molecular weight excluding hydrogens is 318 g/mol. The summed E-state index contributed by atoms with van der Waals surface area (Å²) in [6.07, 6.45) is 9.57. The minimum absolute atomic E-state index is 0.940. The number of rotatable bonds is 2. The Labute approximate surface area is 154 Å². The van der Waals surface area contributed by atoms with Crippen LogP contribution in [0.25, 0.3) is 22.8 Å². The first-order valence-electron chi connectivity index (χ1n) is 9.82. The SMILES string of the molecule is c1cc(-c2ccc3c(n2)CCCC3)nc(-c2ccc3c(n2)CCCC3)c1. The fourth-order valence-electron chi connectivity index (χ4n) is 4.17. The van der Waals surface area contributed by atoms with Crippen LogP contribution >= 0.6 is 0 Å². The highest BCUT2D eigenvalue weighted by Crippen LogP contribution is 2.27. The molecule has 3 aromatic rings. The number of aromatic nitrogens is 3. The van der Waals surface area contributed by atoms with Gasteiger partial charge in [-0.3, -0.25) is 9.97 Å². The Hall–Kier alpha value is -2.55. The van der Waals surface area contributed by atoms with E-state index in [1.165, 1.54) is 48.2 Å². The molecule has 3 nitrogen and oxygen atoms in total. The molecule has 0 fully saturated rings. The van der Waals surface area contributed by atoms with E-state index in [2.05, 4.69) is 42.5 Å². The maximum Gasteiger partial charge on any atom is 0.0894 e. The van der Waals surface area contributed by atoms with Crippen molar-refractivity contribution < 1.29 is 0 Å². The Morgan fingerprint density at radius 1 is 0.462 bits per heavy atom. The molecule has 26 heavy (non-hydrogen) atoms. The van der Waals surface area contributed by atoms with Crippen molar-refractivity contribution in [1.29, 1.82) is 0 Å². The molecule has 0 spiro atoms. The summed E-state index contributed by atoms with van der Waals surface area (Å²) in [7, 11) is 0. The van der Waals surface area contributed by atoms with Crippen molar-refractivity contribution in [2.75, 3.05) is 0 Å². The Bertz CT molecular complexity index is 887. The van der Waals surface area contributed by atoms with Crippen LogP contribution in [0.1, 0.15) is 48.2 Å². The van der Waals surface area contributed by atoms with E-state index >= 15 is 0 Å². The molecule has 3 heterocycles.